The molecular weight excluding hydrogens is 319 g/mol. The van der Waals surface area contributed by atoms with E-state index in [0.29, 0.717) is 17.5 Å². The molecule has 0 aliphatic rings. The summed E-state index contributed by atoms with van der Waals surface area (Å²) >= 11 is 0. The third kappa shape index (κ3) is 3.88. The minimum Gasteiger partial charge on any atom is -0.261 e. The molecule has 2 aromatic heterocycles. The maximum Gasteiger partial charge on any atom is 0.159 e. The van der Waals surface area contributed by atoms with Crippen molar-refractivity contribution in [3.8, 4) is 5.82 Å². The fourth-order valence-corrected chi connectivity index (χ4v) is 2.48. The monoisotopic (exact) mass is 338 g/mol. The summed E-state index contributed by atoms with van der Waals surface area (Å²) in [6.07, 6.45) is 0. The molecule has 1 aromatic carbocycles. The van der Waals surface area contributed by atoms with E-state index in [1.165, 1.54) is 12.1 Å². The van der Waals surface area contributed by atoms with E-state index in [1.54, 1.807) is 22.9 Å². The van der Waals surface area contributed by atoms with Gasteiger partial charge in [-0.2, -0.15) is 10.2 Å². The molecule has 25 heavy (non-hydrogen) atoms. The number of hydrazone groups is 1. The molecule has 0 spiro atoms. The van der Waals surface area contributed by atoms with E-state index in [2.05, 4.69) is 25.6 Å². The van der Waals surface area contributed by atoms with E-state index < -0.39 is 0 Å². The zero-order valence-corrected chi connectivity index (χ0v) is 14.6. The standard InChI is InChI=1S/C18H19FN6/c1-11-9-12(2)25(24-11)18-10-17(20-14(4)21-18)23-22-13(3)15-5-7-16(19)8-6-15/h5-10H,1-4H3,(H,20,21,23)/b22-13+. The molecule has 0 amide bonds. The van der Waals surface area contributed by atoms with Gasteiger partial charge in [0.15, 0.2) is 11.6 Å². The van der Waals surface area contributed by atoms with Crippen LogP contribution in [0.5, 0.6) is 0 Å². The summed E-state index contributed by atoms with van der Waals surface area (Å²) < 4.78 is 14.8. The van der Waals surface area contributed by atoms with E-state index in [9.17, 15) is 4.39 Å². The van der Waals surface area contributed by atoms with Crippen LogP contribution in [-0.2, 0) is 0 Å². The van der Waals surface area contributed by atoms with Gasteiger partial charge in [-0.05, 0) is 51.5 Å². The Morgan fingerprint density at radius 1 is 1.08 bits per heavy atom. The number of nitrogens with one attached hydrogen (secondary N) is 1. The Hall–Kier alpha value is -3.09. The second-order valence-corrected chi connectivity index (χ2v) is 5.81. The number of anilines is 1. The Labute approximate surface area is 145 Å². The number of aromatic nitrogens is 4. The molecule has 1 N–H and O–H groups in total. The number of halogens is 1. The Kier molecular flexibility index (Phi) is 4.56. The summed E-state index contributed by atoms with van der Waals surface area (Å²) in [7, 11) is 0. The molecular formula is C18H19FN6. The second-order valence-electron chi connectivity index (χ2n) is 5.81. The number of aryl methyl sites for hydroxylation is 3. The molecule has 0 unspecified atom stereocenters. The van der Waals surface area contributed by atoms with Gasteiger partial charge in [-0.1, -0.05) is 12.1 Å². The fraction of sp³-hybridized carbons (Fsp3) is 0.222. The van der Waals surface area contributed by atoms with Crippen LogP contribution in [-0.4, -0.2) is 25.5 Å². The van der Waals surface area contributed by atoms with E-state index in [-0.39, 0.29) is 5.82 Å². The van der Waals surface area contributed by atoms with Gasteiger partial charge in [0.2, 0.25) is 0 Å². The van der Waals surface area contributed by atoms with Gasteiger partial charge in [0.25, 0.3) is 0 Å². The molecule has 3 aromatic rings. The van der Waals surface area contributed by atoms with Gasteiger partial charge in [0.1, 0.15) is 11.6 Å². The van der Waals surface area contributed by atoms with Crippen LogP contribution in [0.4, 0.5) is 10.2 Å². The molecule has 0 atom stereocenters. The first kappa shape index (κ1) is 16.8. The maximum atomic E-state index is 13.0. The summed E-state index contributed by atoms with van der Waals surface area (Å²) in [5.41, 5.74) is 6.41. The minimum atomic E-state index is -0.273. The highest BCUT2D eigenvalue weighted by Crippen LogP contribution is 2.14. The Bertz CT molecular complexity index is 927. The third-order valence-electron chi connectivity index (χ3n) is 3.65. The minimum absolute atomic E-state index is 0.273. The lowest BCUT2D eigenvalue weighted by atomic mass is 10.1. The molecule has 6 nitrogen and oxygen atoms in total. The largest absolute Gasteiger partial charge is 0.261 e. The molecule has 0 radical (unpaired) electrons. The van der Waals surface area contributed by atoms with Crippen molar-refractivity contribution in [2.24, 2.45) is 5.10 Å². The molecule has 2 heterocycles. The van der Waals surface area contributed by atoms with Crippen LogP contribution < -0.4 is 5.43 Å². The molecule has 128 valence electrons. The Balaban J connectivity index is 1.87. The van der Waals surface area contributed by atoms with Gasteiger partial charge in [-0.25, -0.2) is 19.0 Å². The molecule has 0 fully saturated rings. The van der Waals surface area contributed by atoms with Crippen LogP contribution in [0.3, 0.4) is 0 Å². The normalized spacial score (nSPS) is 11.6. The van der Waals surface area contributed by atoms with E-state index >= 15 is 0 Å². The first-order valence-electron chi connectivity index (χ1n) is 7.88. The van der Waals surface area contributed by atoms with Gasteiger partial charge < -0.3 is 0 Å². The predicted octanol–water partition coefficient (Wildman–Crippen LogP) is 3.56. The summed E-state index contributed by atoms with van der Waals surface area (Å²) in [6, 6.07) is 9.95. The lowest BCUT2D eigenvalue weighted by Gasteiger charge is -2.08. The second kappa shape index (κ2) is 6.80. The molecule has 0 saturated heterocycles. The number of rotatable bonds is 4. The van der Waals surface area contributed by atoms with Crippen molar-refractivity contribution in [3.05, 3.63) is 65.0 Å². The van der Waals surface area contributed by atoms with E-state index in [0.717, 1.165) is 22.7 Å². The van der Waals surface area contributed by atoms with Crippen LogP contribution in [0, 0.1) is 26.6 Å². The molecule has 7 heteroatoms. The number of hydrogen-bond acceptors (Lipinski definition) is 5. The third-order valence-corrected chi connectivity index (χ3v) is 3.65. The van der Waals surface area contributed by atoms with Crippen molar-refractivity contribution in [2.45, 2.75) is 27.7 Å². The zero-order valence-electron chi connectivity index (χ0n) is 14.6. The van der Waals surface area contributed by atoms with Crippen LogP contribution in [0.1, 0.15) is 29.7 Å². The highest BCUT2D eigenvalue weighted by atomic mass is 19.1. The lowest BCUT2D eigenvalue weighted by Crippen LogP contribution is -2.07. The fourth-order valence-electron chi connectivity index (χ4n) is 2.48. The SMILES string of the molecule is C/C(=N\Nc1cc(-n2nc(C)cc2C)nc(C)n1)c1ccc(F)cc1. The smallest absolute Gasteiger partial charge is 0.159 e. The van der Waals surface area contributed by atoms with Crippen molar-refractivity contribution in [1.29, 1.82) is 0 Å². The molecule has 0 saturated carbocycles. The highest BCUT2D eigenvalue weighted by Gasteiger charge is 2.08. The van der Waals surface area contributed by atoms with Crippen molar-refractivity contribution < 1.29 is 4.39 Å². The van der Waals surface area contributed by atoms with Crippen molar-refractivity contribution >= 4 is 11.5 Å². The van der Waals surface area contributed by atoms with Gasteiger partial charge in [0, 0.05) is 11.8 Å². The predicted molar refractivity (Wildman–Crippen MR) is 95.6 cm³/mol. The highest BCUT2D eigenvalue weighted by molar-refractivity contribution is 5.98. The zero-order chi connectivity index (χ0) is 18.0. The number of hydrogen-bond donors (Lipinski definition) is 1. The summed E-state index contributed by atoms with van der Waals surface area (Å²) in [6.45, 7) is 7.57. The average molecular weight is 338 g/mol. The molecule has 0 bridgehead atoms. The van der Waals surface area contributed by atoms with Crippen LogP contribution in [0.15, 0.2) is 41.5 Å². The van der Waals surface area contributed by atoms with Gasteiger partial charge >= 0.3 is 0 Å². The van der Waals surface area contributed by atoms with Gasteiger partial charge in [-0.15, -0.1) is 0 Å². The Morgan fingerprint density at radius 2 is 1.80 bits per heavy atom. The van der Waals surface area contributed by atoms with Crippen LogP contribution >= 0.6 is 0 Å². The number of benzene rings is 1. The molecule has 0 aliphatic carbocycles. The summed E-state index contributed by atoms with van der Waals surface area (Å²) in [5.74, 6) is 1.58. The lowest BCUT2D eigenvalue weighted by molar-refractivity contribution is 0.628. The van der Waals surface area contributed by atoms with E-state index in [4.69, 9.17) is 0 Å². The average Bonchev–Trinajstić information content (AvgIpc) is 2.91. The summed E-state index contributed by atoms with van der Waals surface area (Å²) in [4.78, 5) is 8.78. The maximum absolute atomic E-state index is 13.0. The molecule has 0 aliphatic heterocycles. The quantitative estimate of drug-likeness (QED) is 0.583. The number of nitrogens with zero attached hydrogens (tertiary/aromatic N) is 5. The first-order valence-corrected chi connectivity index (χ1v) is 7.88. The van der Waals surface area contributed by atoms with Crippen molar-refractivity contribution in [3.63, 3.8) is 0 Å². The topological polar surface area (TPSA) is 68.0 Å². The summed E-state index contributed by atoms with van der Waals surface area (Å²) in [5, 5.41) is 8.76. The Morgan fingerprint density at radius 3 is 2.44 bits per heavy atom. The van der Waals surface area contributed by atoms with Gasteiger partial charge in [-0.3, -0.25) is 5.43 Å². The van der Waals surface area contributed by atoms with E-state index in [1.807, 2.05) is 33.8 Å². The van der Waals surface area contributed by atoms with Crippen LogP contribution in [0.2, 0.25) is 0 Å². The van der Waals surface area contributed by atoms with Crippen molar-refractivity contribution in [2.75, 3.05) is 5.43 Å². The first-order chi connectivity index (χ1) is 11.9. The van der Waals surface area contributed by atoms with Crippen LogP contribution in [0.25, 0.3) is 5.82 Å². The van der Waals surface area contributed by atoms with Crippen molar-refractivity contribution in [1.82, 2.24) is 19.7 Å². The van der Waals surface area contributed by atoms with Gasteiger partial charge in [0.05, 0.1) is 11.4 Å². The molecule has 3 rings (SSSR count).